The molecule has 6 heteroatoms. The lowest BCUT2D eigenvalue weighted by Crippen LogP contribution is -2.24. The second-order valence-electron chi connectivity index (χ2n) is 5.85. The van der Waals surface area contributed by atoms with E-state index in [2.05, 4.69) is 4.74 Å². The monoisotopic (exact) mass is 368 g/mol. The summed E-state index contributed by atoms with van der Waals surface area (Å²) in [6.07, 6.45) is 0.892. The van der Waals surface area contributed by atoms with E-state index in [4.69, 9.17) is 14.2 Å². The van der Waals surface area contributed by atoms with Crippen molar-refractivity contribution in [2.75, 3.05) is 13.7 Å². The lowest BCUT2D eigenvalue weighted by atomic mass is 10.1. The number of hydrogen-bond acceptors (Lipinski definition) is 6. The van der Waals surface area contributed by atoms with Crippen LogP contribution in [0.4, 0.5) is 0 Å². The molecular weight excluding hydrogens is 348 g/mol. The van der Waals surface area contributed by atoms with Crippen molar-refractivity contribution >= 4 is 17.8 Å². The number of Topliss-reactive ketones (excluding diaryl/α,β-unsaturated/α-hetero) is 1. The van der Waals surface area contributed by atoms with Crippen molar-refractivity contribution in [1.29, 1.82) is 0 Å². The van der Waals surface area contributed by atoms with Gasteiger partial charge in [-0.3, -0.25) is 4.79 Å². The van der Waals surface area contributed by atoms with Gasteiger partial charge in [-0.2, -0.15) is 0 Å². The van der Waals surface area contributed by atoms with Crippen LogP contribution >= 0.6 is 0 Å². The molecule has 3 rings (SSSR count). The predicted molar refractivity (Wildman–Crippen MR) is 99.1 cm³/mol. The molecule has 1 atom stereocenters. The zero-order chi connectivity index (χ0) is 19.4. The average molecular weight is 368 g/mol. The molecule has 0 amide bonds. The molecule has 0 bridgehead atoms. The molecule has 0 aromatic heterocycles. The Hall–Kier alpha value is -3.28. The Balaban J connectivity index is 1.84. The summed E-state index contributed by atoms with van der Waals surface area (Å²) in [7, 11) is 1.30. The summed E-state index contributed by atoms with van der Waals surface area (Å²) in [6.45, 7) is 4.00. The molecule has 0 spiro atoms. The highest BCUT2D eigenvalue weighted by atomic mass is 16.6. The van der Waals surface area contributed by atoms with Crippen LogP contribution in [-0.4, -0.2) is 31.6 Å². The van der Waals surface area contributed by atoms with Crippen molar-refractivity contribution in [2.45, 2.75) is 20.0 Å². The quantitative estimate of drug-likeness (QED) is 0.573. The minimum atomic E-state index is -0.766. The molecule has 2 aromatic carbocycles. The second-order valence-corrected chi connectivity index (χ2v) is 5.85. The number of ketones is 1. The number of carbonyl (C=O) groups excluding carboxylic acids is 2. The third kappa shape index (κ3) is 3.95. The minimum absolute atomic E-state index is 0.204. The van der Waals surface area contributed by atoms with Gasteiger partial charge >= 0.3 is 5.97 Å². The summed E-state index contributed by atoms with van der Waals surface area (Å²) in [6, 6.07) is 12.2. The molecule has 1 aliphatic rings. The van der Waals surface area contributed by atoms with Gasteiger partial charge in [-0.15, -0.1) is 0 Å². The lowest BCUT2D eigenvalue weighted by Gasteiger charge is -2.12. The van der Waals surface area contributed by atoms with Crippen molar-refractivity contribution in [2.24, 2.45) is 0 Å². The first kappa shape index (κ1) is 18.5. The van der Waals surface area contributed by atoms with Crippen LogP contribution in [0.2, 0.25) is 0 Å². The Morgan fingerprint density at radius 1 is 1.22 bits per heavy atom. The zero-order valence-electron chi connectivity index (χ0n) is 15.4. The summed E-state index contributed by atoms with van der Waals surface area (Å²) in [5, 5.41) is 0. The summed E-state index contributed by atoms with van der Waals surface area (Å²) < 4.78 is 21.5. The Bertz CT molecular complexity index is 899. The largest absolute Gasteiger partial charge is 0.493 e. The Morgan fingerprint density at radius 2 is 2.00 bits per heavy atom. The molecule has 0 N–H and O–H groups in total. The van der Waals surface area contributed by atoms with Gasteiger partial charge in [-0.25, -0.2) is 4.79 Å². The standard InChI is InChI=1S/C21H20O6/c1-4-25-17-8-6-5-7-14(17)11-19-20(22)16-10-9-15(12-18(16)27-19)26-13(2)21(23)24-3/h5-13H,4H2,1-3H3/t13-/m0/s1. The van der Waals surface area contributed by atoms with E-state index >= 15 is 0 Å². The number of fused-ring (bicyclic) bond motifs is 1. The van der Waals surface area contributed by atoms with E-state index in [-0.39, 0.29) is 11.5 Å². The van der Waals surface area contributed by atoms with E-state index in [0.717, 1.165) is 5.56 Å². The minimum Gasteiger partial charge on any atom is -0.493 e. The number of esters is 1. The van der Waals surface area contributed by atoms with Gasteiger partial charge < -0.3 is 18.9 Å². The highest BCUT2D eigenvalue weighted by Gasteiger charge is 2.28. The molecule has 1 heterocycles. The highest BCUT2D eigenvalue weighted by Crippen LogP contribution is 2.36. The Labute approximate surface area is 157 Å². The fourth-order valence-electron chi connectivity index (χ4n) is 2.69. The van der Waals surface area contributed by atoms with Crippen LogP contribution in [0.1, 0.15) is 29.8 Å². The van der Waals surface area contributed by atoms with Gasteiger partial charge in [0.05, 0.1) is 19.3 Å². The van der Waals surface area contributed by atoms with Gasteiger partial charge in [0.15, 0.2) is 11.9 Å². The van der Waals surface area contributed by atoms with Crippen LogP contribution in [-0.2, 0) is 9.53 Å². The van der Waals surface area contributed by atoms with Crippen molar-refractivity contribution in [1.82, 2.24) is 0 Å². The van der Waals surface area contributed by atoms with E-state index in [9.17, 15) is 9.59 Å². The van der Waals surface area contributed by atoms with Crippen molar-refractivity contribution in [3.05, 3.63) is 59.4 Å². The molecule has 6 nitrogen and oxygen atoms in total. The smallest absolute Gasteiger partial charge is 0.346 e. The number of carbonyl (C=O) groups is 2. The van der Waals surface area contributed by atoms with Crippen LogP contribution in [0.3, 0.4) is 0 Å². The van der Waals surface area contributed by atoms with Crippen molar-refractivity contribution < 1.29 is 28.5 Å². The van der Waals surface area contributed by atoms with Gasteiger partial charge in [-0.1, -0.05) is 18.2 Å². The number of benzene rings is 2. The topological polar surface area (TPSA) is 71.1 Å². The van der Waals surface area contributed by atoms with Gasteiger partial charge in [0, 0.05) is 11.6 Å². The SMILES string of the molecule is CCOc1ccccc1C=C1Oc2cc(O[C@@H](C)C(=O)OC)ccc2C1=O. The number of ether oxygens (including phenoxy) is 4. The molecule has 0 radical (unpaired) electrons. The third-order valence-corrected chi connectivity index (χ3v) is 3.99. The number of methoxy groups -OCH3 is 1. The summed E-state index contributed by atoms with van der Waals surface area (Å²) in [5.74, 6) is 0.973. The number of rotatable bonds is 6. The molecule has 0 saturated carbocycles. The second kappa shape index (κ2) is 7.95. The zero-order valence-corrected chi connectivity index (χ0v) is 15.4. The van der Waals surface area contributed by atoms with Crippen LogP contribution in [0.25, 0.3) is 6.08 Å². The molecule has 2 aromatic rings. The normalized spacial score (nSPS) is 15.1. The van der Waals surface area contributed by atoms with Crippen molar-refractivity contribution in [3.63, 3.8) is 0 Å². The van der Waals surface area contributed by atoms with Crippen LogP contribution in [0, 0.1) is 0 Å². The van der Waals surface area contributed by atoms with Crippen LogP contribution in [0.15, 0.2) is 48.2 Å². The van der Waals surface area contributed by atoms with E-state index < -0.39 is 12.1 Å². The van der Waals surface area contributed by atoms with Crippen molar-refractivity contribution in [3.8, 4) is 17.2 Å². The summed E-state index contributed by atoms with van der Waals surface area (Å²) in [4.78, 5) is 24.1. The van der Waals surface area contributed by atoms with E-state index in [1.54, 1.807) is 31.2 Å². The molecule has 0 unspecified atom stereocenters. The first-order valence-corrected chi connectivity index (χ1v) is 8.58. The number of allylic oxidation sites excluding steroid dienone is 1. The molecule has 1 aliphatic heterocycles. The molecule has 0 fully saturated rings. The van der Waals surface area contributed by atoms with Gasteiger partial charge in [0.25, 0.3) is 0 Å². The van der Waals surface area contributed by atoms with Gasteiger partial charge in [-0.05, 0) is 38.1 Å². The molecule has 0 aliphatic carbocycles. The van der Waals surface area contributed by atoms with E-state index in [0.29, 0.717) is 29.4 Å². The van der Waals surface area contributed by atoms with Gasteiger partial charge in [0.2, 0.25) is 5.78 Å². The Kier molecular flexibility index (Phi) is 5.45. The highest BCUT2D eigenvalue weighted by molar-refractivity contribution is 6.14. The van der Waals surface area contributed by atoms with Crippen LogP contribution < -0.4 is 14.2 Å². The number of para-hydroxylation sites is 1. The van der Waals surface area contributed by atoms with E-state index in [1.807, 2.05) is 31.2 Å². The first-order chi connectivity index (χ1) is 13.0. The predicted octanol–water partition coefficient (Wildman–Crippen LogP) is 3.64. The average Bonchev–Trinajstić information content (AvgIpc) is 2.97. The maximum Gasteiger partial charge on any atom is 0.346 e. The fraction of sp³-hybridized carbons (Fsp3) is 0.238. The summed E-state index contributed by atoms with van der Waals surface area (Å²) >= 11 is 0. The van der Waals surface area contributed by atoms with Crippen LogP contribution in [0.5, 0.6) is 17.2 Å². The molecule has 140 valence electrons. The summed E-state index contributed by atoms with van der Waals surface area (Å²) in [5.41, 5.74) is 1.19. The first-order valence-electron chi connectivity index (χ1n) is 8.58. The fourth-order valence-corrected chi connectivity index (χ4v) is 2.69. The molecule has 27 heavy (non-hydrogen) atoms. The molecular formula is C21H20O6. The van der Waals surface area contributed by atoms with Gasteiger partial charge in [0.1, 0.15) is 17.2 Å². The third-order valence-electron chi connectivity index (χ3n) is 3.99. The Morgan fingerprint density at radius 3 is 2.74 bits per heavy atom. The molecule has 0 saturated heterocycles. The maximum atomic E-state index is 12.6. The van der Waals surface area contributed by atoms with E-state index in [1.165, 1.54) is 7.11 Å². The number of hydrogen-bond donors (Lipinski definition) is 0. The maximum absolute atomic E-state index is 12.6. The lowest BCUT2D eigenvalue weighted by molar-refractivity contribution is -0.147.